The van der Waals surface area contributed by atoms with Crippen LogP contribution < -0.4 is 10.6 Å². The van der Waals surface area contributed by atoms with Crippen molar-refractivity contribution in [3.05, 3.63) is 29.3 Å². The van der Waals surface area contributed by atoms with Gasteiger partial charge in [0.25, 0.3) is 0 Å². The number of para-hydroxylation sites is 1. The first kappa shape index (κ1) is 23.1. The summed E-state index contributed by atoms with van der Waals surface area (Å²) >= 11 is 1.68. The fourth-order valence-electron chi connectivity index (χ4n) is 5.93. The smallest absolute Gasteiger partial charge is 0.248 e. The molecule has 2 unspecified atom stereocenters. The number of amides is 3. The van der Waals surface area contributed by atoms with E-state index in [1.807, 2.05) is 32.0 Å². The molecule has 3 heterocycles. The van der Waals surface area contributed by atoms with Crippen LogP contribution in [0.4, 0.5) is 5.69 Å². The van der Waals surface area contributed by atoms with E-state index < -0.39 is 16.7 Å². The fourth-order valence-corrected chi connectivity index (χ4v) is 8.15. The lowest BCUT2D eigenvalue weighted by molar-refractivity contribution is -0.139. The Kier molecular flexibility index (Phi) is 6.54. The molecule has 7 nitrogen and oxygen atoms in total. The van der Waals surface area contributed by atoms with E-state index in [-0.39, 0.29) is 35.5 Å². The summed E-state index contributed by atoms with van der Waals surface area (Å²) in [7, 11) is 1.61. The van der Waals surface area contributed by atoms with E-state index in [2.05, 4.69) is 10.6 Å². The molecule has 8 heteroatoms. The van der Waals surface area contributed by atoms with Crippen molar-refractivity contribution in [3.63, 3.8) is 0 Å². The number of rotatable bonds is 8. The summed E-state index contributed by atoms with van der Waals surface area (Å²) in [5.41, 5.74) is 2.76. The summed E-state index contributed by atoms with van der Waals surface area (Å²) in [6.07, 6.45) is 3.80. The number of nitrogens with one attached hydrogen (secondary N) is 2. The van der Waals surface area contributed by atoms with E-state index in [9.17, 15) is 14.4 Å². The number of carbonyl (C=O) groups is 3. The molecule has 2 bridgehead atoms. The van der Waals surface area contributed by atoms with Crippen molar-refractivity contribution >= 4 is 35.2 Å². The van der Waals surface area contributed by atoms with Gasteiger partial charge in [-0.2, -0.15) is 0 Å². The minimum Gasteiger partial charge on any atom is -0.396 e. The number of likely N-dealkylation sites (tertiary alicyclic amines) is 1. The molecule has 0 aliphatic carbocycles. The number of carbonyl (C=O) groups excluding carboxylic acids is 3. The molecule has 32 heavy (non-hydrogen) atoms. The number of fused-ring (bicyclic) bond motifs is 1. The average Bonchev–Trinajstić information content (AvgIpc) is 3.41. The summed E-state index contributed by atoms with van der Waals surface area (Å²) in [5.74, 6) is -1.18. The monoisotopic (exact) mass is 459 g/mol. The molecular formula is C24H33N3O4S. The topological polar surface area (TPSA) is 98.7 Å². The molecule has 174 valence electrons. The van der Waals surface area contributed by atoms with Crippen molar-refractivity contribution in [2.24, 2.45) is 11.8 Å². The summed E-state index contributed by atoms with van der Waals surface area (Å²) in [6.45, 7) is 4.52. The summed E-state index contributed by atoms with van der Waals surface area (Å²) in [4.78, 5) is 41.9. The van der Waals surface area contributed by atoms with Crippen molar-refractivity contribution in [2.45, 2.75) is 62.0 Å². The highest BCUT2D eigenvalue weighted by molar-refractivity contribution is 8.02. The van der Waals surface area contributed by atoms with Crippen LogP contribution in [0.5, 0.6) is 0 Å². The van der Waals surface area contributed by atoms with Gasteiger partial charge in [0.15, 0.2) is 0 Å². The molecule has 1 spiro atoms. The highest BCUT2D eigenvalue weighted by Gasteiger charge is 2.73. The second kappa shape index (κ2) is 9.06. The van der Waals surface area contributed by atoms with Gasteiger partial charge in [0.05, 0.1) is 16.6 Å². The molecule has 0 radical (unpaired) electrons. The van der Waals surface area contributed by atoms with Gasteiger partial charge < -0.3 is 20.6 Å². The third-order valence-electron chi connectivity index (χ3n) is 7.38. The Morgan fingerprint density at radius 2 is 1.91 bits per heavy atom. The molecular weight excluding hydrogens is 426 g/mol. The first-order chi connectivity index (χ1) is 15.4. The van der Waals surface area contributed by atoms with E-state index in [1.165, 1.54) is 0 Å². The minimum absolute atomic E-state index is 0.0704. The Labute approximate surface area is 193 Å². The molecule has 0 saturated carbocycles. The van der Waals surface area contributed by atoms with Crippen molar-refractivity contribution in [1.82, 2.24) is 10.2 Å². The first-order valence-corrected chi connectivity index (χ1v) is 12.4. The second-order valence-corrected chi connectivity index (χ2v) is 10.8. The average molecular weight is 460 g/mol. The molecule has 3 amide bonds. The predicted octanol–water partition coefficient (Wildman–Crippen LogP) is 2.24. The van der Waals surface area contributed by atoms with E-state index in [0.29, 0.717) is 13.0 Å². The number of hydrogen-bond donors (Lipinski definition) is 3. The molecule has 3 aliphatic heterocycles. The lowest BCUT2D eigenvalue weighted by Crippen LogP contribution is -2.51. The second-order valence-electron chi connectivity index (χ2n) is 9.24. The Morgan fingerprint density at radius 1 is 1.19 bits per heavy atom. The molecule has 3 fully saturated rings. The van der Waals surface area contributed by atoms with E-state index in [1.54, 1.807) is 23.7 Å². The van der Waals surface area contributed by atoms with E-state index >= 15 is 0 Å². The van der Waals surface area contributed by atoms with Crippen LogP contribution in [0.2, 0.25) is 0 Å². The Hall–Kier alpha value is -2.06. The highest BCUT2D eigenvalue weighted by atomic mass is 32.2. The largest absolute Gasteiger partial charge is 0.396 e. The van der Waals surface area contributed by atoms with Gasteiger partial charge in [0, 0.05) is 31.1 Å². The number of thioether (sulfide) groups is 1. The van der Waals surface area contributed by atoms with Gasteiger partial charge >= 0.3 is 0 Å². The van der Waals surface area contributed by atoms with Gasteiger partial charge in [-0.3, -0.25) is 14.4 Å². The van der Waals surface area contributed by atoms with Crippen molar-refractivity contribution in [1.29, 1.82) is 0 Å². The quantitative estimate of drug-likeness (QED) is 0.518. The number of benzene rings is 1. The van der Waals surface area contributed by atoms with Gasteiger partial charge in [0.1, 0.15) is 6.04 Å². The van der Waals surface area contributed by atoms with Crippen LogP contribution in [0.15, 0.2) is 18.2 Å². The Balaban J connectivity index is 1.67. The number of hydrogen-bond acceptors (Lipinski definition) is 5. The molecule has 0 aromatic heterocycles. The fraction of sp³-hybridized carbons (Fsp3) is 0.625. The number of aliphatic hydroxyl groups is 1. The predicted molar refractivity (Wildman–Crippen MR) is 125 cm³/mol. The van der Waals surface area contributed by atoms with Crippen LogP contribution in [0.1, 0.15) is 43.2 Å². The minimum atomic E-state index is -0.599. The standard InChI is InChI=1S/C24H33N3O4S/c1-14-8-7-9-15(2)19(14)26-22(30)20-24-11-10-16(32-24)17(21(29)25-3)18(24)23(31)27(20)12-5-4-6-13-28/h7-9,16-18,20,28H,4-6,10-13H2,1-3H3,(H,25,29)(H,26,30)/t16-,17+,18-,20?,24?/m0/s1. The number of nitrogens with zero attached hydrogens (tertiary/aromatic N) is 1. The van der Waals surface area contributed by atoms with Crippen molar-refractivity contribution in [2.75, 3.05) is 25.5 Å². The van der Waals surface area contributed by atoms with Crippen LogP contribution >= 0.6 is 11.8 Å². The lowest BCUT2D eigenvalue weighted by Gasteiger charge is -2.34. The lowest BCUT2D eigenvalue weighted by atomic mass is 9.70. The molecule has 3 saturated heterocycles. The van der Waals surface area contributed by atoms with E-state index in [4.69, 9.17) is 5.11 Å². The third kappa shape index (κ3) is 3.61. The molecule has 1 aromatic rings. The third-order valence-corrected chi connectivity index (χ3v) is 9.34. The SMILES string of the molecule is CNC(=O)[C@@H]1[C@@H]2CCC3(S2)C(C(=O)Nc2c(C)cccc2C)N(CCCCCO)C(=O)[C@H]13. The van der Waals surface area contributed by atoms with Crippen molar-refractivity contribution < 1.29 is 19.5 Å². The van der Waals surface area contributed by atoms with Crippen LogP contribution in [0, 0.1) is 25.7 Å². The number of unbranched alkanes of at least 4 members (excludes halogenated alkanes) is 2. The zero-order valence-electron chi connectivity index (χ0n) is 19.0. The van der Waals surface area contributed by atoms with E-state index in [0.717, 1.165) is 42.5 Å². The normalized spacial score (nSPS) is 30.5. The number of anilines is 1. The maximum atomic E-state index is 13.8. The van der Waals surface area contributed by atoms with Gasteiger partial charge in [0.2, 0.25) is 17.7 Å². The van der Waals surface area contributed by atoms with Crippen LogP contribution in [0.25, 0.3) is 0 Å². The highest BCUT2D eigenvalue weighted by Crippen LogP contribution is 2.66. The van der Waals surface area contributed by atoms with Crippen LogP contribution in [0.3, 0.4) is 0 Å². The molecule has 5 atom stereocenters. The Bertz CT molecular complexity index is 902. The van der Waals surface area contributed by atoms with Gasteiger partial charge in [-0.25, -0.2) is 0 Å². The summed E-state index contributed by atoms with van der Waals surface area (Å²) in [5, 5.41) is 15.1. The van der Waals surface area contributed by atoms with Crippen LogP contribution in [-0.2, 0) is 14.4 Å². The summed E-state index contributed by atoms with van der Waals surface area (Å²) < 4.78 is -0.559. The summed E-state index contributed by atoms with van der Waals surface area (Å²) in [6, 6.07) is 5.29. The molecule has 4 rings (SSSR count). The van der Waals surface area contributed by atoms with Gasteiger partial charge in [-0.15, -0.1) is 11.8 Å². The number of aryl methyl sites for hydroxylation is 2. The maximum absolute atomic E-state index is 13.8. The molecule has 3 N–H and O–H groups in total. The Morgan fingerprint density at radius 3 is 2.56 bits per heavy atom. The molecule has 3 aliphatic rings. The van der Waals surface area contributed by atoms with Crippen LogP contribution in [-0.4, -0.2) is 64.0 Å². The zero-order chi connectivity index (χ0) is 23.0. The van der Waals surface area contributed by atoms with Gasteiger partial charge in [-0.05, 0) is 57.1 Å². The maximum Gasteiger partial charge on any atom is 0.248 e. The first-order valence-electron chi connectivity index (χ1n) is 11.5. The number of aliphatic hydroxyl groups excluding tert-OH is 1. The van der Waals surface area contributed by atoms with Gasteiger partial charge in [-0.1, -0.05) is 18.2 Å². The van der Waals surface area contributed by atoms with Crippen molar-refractivity contribution in [3.8, 4) is 0 Å². The molecule has 1 aromatic carbocycles. The zero-order valence-corrected chi connectivity index (χ0v) is 19.8.